The van der Waals surface area contributed by atoms with E-state index in [9.17, 15) is 14.0 Å². The maximum absolute atomic E-state index is 13.5. The summed E-state index contributed by atoms with van der Waals surface area (Å²) >= 11 is 0. The highest BCUT2D eigenvalue weighted by molar-refractivity contribution is 5.94. The minimum atomic E-state index is -0.531. The van der Waals surface area contributed by atoms with E-state index < -0.39 is 11.7 Å². The number of hydrogen-bond acceptors (Lipinski definition) is 3. The largest absolute Gasteiger partial charge is 0.448 e. The third-order valence-electron chi connectivity index (χ3n) is 3.10. The van der Waals surface area contributed by atoms with Crippen LogP contribution in [0.5, 0.6) is 0 Å². The Balaban J connectivity index is 1.77. The molecule has 0 aliphatic carbocycles. The summed E-state index contributed by atoms with van der Waals surface area (Å²) < 4.78 is 18.3. The summed E-state index contributed by atoms with van der Waals surface area (Å²) in [5.74, 6) is -0.966. The first-order chi connectivity index (χ1) is 9.58. The molecule has 1 N–H and O–H groups in total. The predicted molar refractivity (Wildman–Crippen MR) is 71.0 cm³/mol. The molecule has 20 heavy (non-hydrogen) atoms. The third kappa shape index (κ3) is 3.46. The monoisotopic (exact) mass is 280 g/mol. The lowest BCUT2D eigenvalue weighted by Gasteiger charge is -2.12. The Morgan fingerprint density at radius 1 is 1.50 bits per heavy atom. The molecule has 0 spiro atoms. The van der Waals surface area contributed by atoms with Crippen LogP contribution in [0.2, 0.25) is 0 Å². The molecule has 1 aliphatic rings. The lowest BCUT2D eigenvalue weighted by atomic mass is 10.1. The zero-order valence-electron chi connectivity index (χ0n) is 11.3. The van der Waals surface area contributed by atoms with Crippen molar-refractivity contribution in [2.75, 3.05) is 26.2 Å². The van der Waals surface area contributed by atoms with Gasteiger partial charge in [-0.25, -0.2) is 9.18 Å². The number of cyclic esters (lactones) is 1. The summed E-state index contributed by atoms with van der Waals surface area (Å²) in [6, 6.07) is 4.41. The van der Waals surface area contributed by atoms with Gasteiger partial charge in [0.05, 0.1) is 12.1 Å². The molecule has 1 aromatic carbocycles. The first-order valence-electron chi connectivity index (χ1n) is 6.54. The summed E-state index contributed by atoms with van der Waals surface area (Å²) in [6.07, 6.45) is 0.287. The first-order valence-corrected chi connectivity index (χ1v) is 6.54. The Morgan fingerprint density at radius 2 is 2.30 bits per heavy atom. The number of rotatable bonds is 5. The molecule has 6 heteroatoms. The lowest BCUT2D eigenvalue weighted by molar-refractivity contribution is 0.0948. The highest BCUT2D eigenvalue weighted by Crippen LogP contribution is 2.10. The fraction of sp³-hybridized carbons (Fsp3) is 0.429. The maximum Gasteiger partial charge on any atom is 0.409 e. The quantitative estimate of drug-likeness (QED) is 0.835. The number of hydrogen-bond donors (Lipinski definition) is 1. The number of nitrogens with zero attached hydrogens (tertiary/aromatic N) is 1. The van der Waals surface area contributed by atoms with Crippen LogP contribution in [-0.2, 0) is 4.74 Å². The molecule has 2 rings (SSSR count). The lowest BCUT2D eigenvalue weighted by Crippen LogP contribution is -2.30. The summed E-state index contributed by atoms with van der Waals surface area (Å²) in [5, 5.41) is 2.65. The second kappa shape index (κ2) is 6.36. The Hall–Kier alpha value is -2.11. The second-order valence-corrected chi connectivity index (χ2v) is 4.69. The average molecular weight is 280 g/mol. The van der Waals surface area contributed by atoms with Crippen LogP contribution in [0.1, 0.15) is 22.3 Å². The highest BCUT2D eigenvalue weighted by Gasteiger charge is 2.20. The smallest absolute Gasteiger partial charge is 0.409 e. The van der Waals surface area contributed by atoms with Crippen LogP contribution in [0.15, 0.2) is 18.2 Å². The van der Waals surface area contributed by atoms with E-state index in [4.69, 9.17) is 4.74 Å². The van der Waals surface area contributed by atoms with Crippen molar-refractivity contribution in [1.82, 2.24) is 10.2 Å². The van der Waals surface area contributed by atoms with E-state index in [2.05, 4.69) is 5.32 Å². The molecule has 0 atom stereocenters. The molecule has 0 unspecified atom stereocenters. The van der Waals surface area contributed by atoms with Gasteiger partial charge in [-0.3, -0.25) is 4.79 Å². The van der Waals surface area contributed by atoms with Crippen molar-refractivity contribution in [3.63, 3.8) is 0 Å². The van der Waals surface area contributed by atoms with Crippen LogP contribution in [0.25, 0.3) is 0 Å². The fourth-order valence-corrected chi connectivity index (χ4v) is 2.01. The molecule has 0 radical (unpaired) electrons. The number of ether oxygens (including phenoxy) is 1. The van der Waals surface area contributed by atoms with E-state index in [0.29, 0.717) is 32.7 Å². The van der Waals surface area contributed by atoms with Crippen LogP contribution in [-0.4, -0.2) is 43.1 Å². The Morgan fingerprint density at radius 3 is 3.00 bits per heavy atom. The molecule has 2 amide bonds. The van der Waals surface area contributed by atoms with Crippen LogP contribution < -0.4 is 5.32 Å². The number of benzene rings is 1. The molecule has 0 saturated carbocycles. The number of halogens is 1. The van der Waals surface area contributed by atoms with Gasteiger partial charge in [-0.2, -0.15) is 0 Å². The molecule has 5 nitrogen and oxygen atoms in total. The molecule has 1 fully saturated rings. The standard InChI is InChI=1S/C14H17FN2O3/c1-10-3-4-12(15)11(9-10)13(18)16-5-2-6-17-7-8-20-14(17)19/h3-4,9H,2,5-8H2,1H3,(H,16,18). The summed E-state index contributed by atoms with van der Waals surface area (Å²) in [7, 11) is 0. The van der Waals surface area contributed by atoms with Crippen molar-refractivity contribution in [2.45, 2.75) is 13.3 Å². The van der Waals surface area contributed by atoms with Crippen LogP contribution in [0.3, 0.4) is 0 Å². The SMILES string of the molecule is Cc1ccc(F)c(C(=O)NCCCN2CCOC2=O)c1. The Labute approximate surface area is 116 Å². The number of amides is 2. The zero-order valence-corrected chi connectivity index (χ0v) is 11.3. The van der Waals surface area contributed by atoms with Gasteiger partial charge in [-0.05, 0) is 25.5 Å². The van der Waals surface area contributed by atoms with Crippen LogP contribution >= 0.6 is 0 Å². The van der Waals surface area contributed by atoms with Crippen molar-refractivity contribution in [2.24, 2.45) is 0 Å². The molecule has 1 aliphatic heterocycles. The van der Waals surface area contributed by atoms with E-state index in [1.807, 2.05) is 0 Å². The maximum atomic E-state index is 13.5. The van der Waals surface area contributed by atoms with Crippen molar-refractivity contribution in [3.8, 4) is 0 Å². The summed E-state index contributed by atoms with van der Waals surface area (Å²) in [4.78, 5) is 24.6. The summed E-state index contributed by atoms with van der Waals surface area (Å²) in [5.41, 5.74) is 0.877. The number of carbonyl (C=O) groups is 2. The van der Waals surface area contributed by atoms with E-state index in [1.54, 1.807) is 17.9 Å². The molecular formula is C14H17FN2O3. The average Bonchev–Trinajstić information content (AvgIpc) is 2.83. The molecular weight excluding hydrogens is 263 g/mol. The van der Waals surface area contributed by atoms with Crippen molar-refractivity contribution >= 4 is 12.0 Å². The number of carbonyl (C=O) groups excluding carboxylic acids is 2. The van der Waals surface area contributed by atoms with Gasteiger partial charge >= 0.3 is 6.09 Å². The minimum absolute atomic E-state index is 0.0468. The Bertz CT molecular complexity index is 519. The van der Waals surface area contributed by atoms with Gasteiger partial charge < -0.3 is 15.0 Å². The van der Waals surface area contributed by atoms with Gasteiger partial charge in [0.15, 0.2) is 0 Å². The minimum Gasteiger partial charge on any atom is -0.448 e. The van der Waals surface area contributed by atoms with Gasteiger partial charge in [0.2, 0.25) is 0 Å². The van der Waals surface area contributed by atoms with Gasteiger partial charge in [0.25, 0.3) is 5.91 Å². The van der Waals surface area contributed by atoms with Gasteiger partial charge in [0.1, 0.15) is 12.4 Å². The van der Waals surface area contributed by atoms with E-state index in [0.717, 1.165) is 5.56 Å². The predicted octanol–water partition coefficient (Wildman–Crippen LogP) is 1.71. The number of aryl methyl sites for hydroxylation is 1. The summed E-state index contributed by atoms with van der Waals surface area (Å²) in [6.45, 7) is 3.71. The normalized spacial score (nSPS) is 14.3. The molecule has 108 valence electrons. The molecule has 1 aromatic rings. The van der Waals surface area contributed by atoms with Crippen LogP contribution in [0, 0.1) is 12.7 Å². The van der Waals surface area contributed by atoms with E-state index in [-0.39, 0.29) is 11.7 Å². The molecule has 0 aromatic heterocycles. The van der Waals surface area contributed by atoms with Crippen molar-refractivity contribution in [1.29, 1.82) is 0 Å². The van der Waals surface area contributed by atoms with Crippen molar-refractivity contribution in [3.05, 3.63) is 35.1 Å². The molecule has 1 saturated heterocycles. The van der Waals surface area contributed by atoms with Gasteiger partial charge in [-0.1, -0.05) is 11.6 Å². The van der Waals surface area contributed by atoms with Gasteiger partial charge in [0, 0.05) is 13.1 Å². The fourth-order valence-electron chi connectivity index (χ4n) is 2.01. The highest BCUT2D eigenvalue weighted by atomic mass is 19.1. The molecule has 1 heterocycles. The van der Waals surface area contributed by atoms with E-state index >= 15 is 0 Å². The number of nitrogens with one attached hydrogen (secondary N) is 1. The topological polar surface area (TPSA) is 58.6 Å². The first kappa shape index (κ1) is 14.3. The van der Waals surface area contributed by atoms with Crippen LogP contribution in [0.4, 0.5) is 9.18 Å². The molecule has 0 bridgehead atoms. The van der Waals surface area contributed by atoms with Gasteiger partial charge in [-0.15, -0.1) is 0 Å². The Kier molecular flexibility index (Phi) is 4.55. The van der Waals surface area contributed by atoms with E-state index in [1.165, 1.54) is 12.1 Å². The van der Waals surface area contributed by atoms with Crippen molar-refractivity contribution < 1.29 is 18.7 Å². The second-order valence-electron chi connectivity index (χ2n) is 4.69. The third-order valence-corrected chi connectivity index (χ3v) is 3.10. The zero-order chi connectivity index (χ0) is 14.5.